The van der Waals surface area contributed by atoms with Crippen molar-refractivity contribution in [2.24, 2.45) is 0 Å². The third-order valence-electron chi connectivity index (χ3n) is 5.61. The minimum absolute atomic E-state index is 0.199. The van der Waals surface area contributed by atoms with Gasteiger partial charge in [-0.25, -0.2) is 9.59 Å². The molecule has 0 N–H and O–H groups in total. The van der Waals surface area contributed by atoms with Gasteiger partial charge < -0.3 is 14.4 Å². The van der Waals surface area contributed by atoms with Crippen molar-refractivity contribution in [2.45, 2.75) is 38.5 Å². The average Bonchev–Trinajstić information content (AvgIpc) is 2.73. The molecule has 7 nitrogen and oxygen atoms in total. The van der Waals surface area contributed by atoms with Crippen LogP contribution in [0, 0.1) is 0 Å². The van der Waals surface area contributed by atoms with E-state index in [9.17, 15) is 9.59 Å². The molecule has 1 aromatic rings. The second-order valence-electron chi connectivity index (χ2n) is 7.53. The molecule has 2 heterocycles. The Kier molecular flexibility index (Phi) is 7.28. The molecule has 0 saturated carbocycles. The first-order valence-electron chi connectivity index (χ1n) is 10.1. The zero-order valence-corrected chi connectivity index (χ0v) is 16.9. The SMILES string of the molecule is CCOC(=O)C1CN(C2CCN(C)CC2)CCN1C(=O)OCc1ccccc1. The largest absolute Gasteiger partial charge is 0.464 e. The van der Waals surface area contributed by atoms with Crippen molar-refractivity contribution in [3.8, 4) is 0 Å². The first-order valence-corrected chi connectivity index (χ1v) is 10.1. The van der Waals surface area contributed by atoms with Gasteiger partial charge in [0.05, 0.1) is 6.61 Å². The van der Waals surface area contributed by atoms with Crippen LogP contribution in [0.15, 0.2) is 30.3 Å². The Labute approximate surface area is 167 Å². The maximum atomic E-state index is 12.7. The fraction of sp³-hybridized carbons (Fsp3) is 0.619. The third kappa shape index (κ3) is 5.23. The molecule has 0 bridgehead atoms. The van der Waals surface area contributed by atoms with Gasteiger partial charge in [0.25, 0.3) is 0 Å². The van der Waals surface area contributed by atoms with Gasteiger partial charge in [-0.15, -0.1) is 0 Å². The summed E-state index contributed by atoms with van der Waals surface area (Å²) in [5.41, 5.74) is 0.925. The summed E-state index contributed by atoms with van der Waals surface area (Å²) in [5, 5.41) is 0. The molecule has 1 aromatic carbocycles. The highest BCUT2D eigenvalue weighted by molar-refractivity contribution is 5.82. The summed E-state index contributed by atoms with van der Waals surface area (Å²) >= 11 is 0. The Balaban J connectivity index is 1.62. The van der Waals surface area contributed by atoms with Crippen LogP contribution < -0.4 is 0 Å². The van der Waals surface area contributed by atoms with Crippen LogP contribution in [0.2, 0.25) is 0 Å². The molecule has 7 heteroatoms. The van der Waals surface area contributed by atoms with Gasteiger partial charge in [0.2, 0.25) is 0 Å². The van der Waals surface area contributed by atoms with Crippen LogP contribution in [0.3, 0.4) is 0 Å². The van der Waals surface area contributed by atoms with Crippen LogP contribution in [-0.2, 0) is 20.9 Å². The van der Waals surface area contributed by atoms with Crippen molar-refractivity contribution in [2.75, 3.05) is 46.4 Å². The van der Waals surface area contributed by atoms with E-state index < -0.39 is 12.1 Å². The molecule has 2 aliphatic heterocycles. The van der Waals surface area contributed by atoms with Gasteiger partial charge in [-0.2, -0.15) is 0 Å². The van der Waals surface area contributed by atoms with Crippen LogP contribution in [0.4, 0.5) is 4.79 Å². The lowest BCUT2D eigenvalue weighted by Crippen LogP contribution is -2.61. The van der Waals surface area contributed by atoms with Gasteiger partial charge in [-0.1, -0.05) is 30.3 Å². The van der Waals surface area contributed by atoms with E-state index in [1.807, 2.05) is 30.3 Å². The Bertz CT molecular complexity index is 646. The van der Waals surface area contributed by atoms with Crippen molar-refractivity contribution in [1.29, 1.82) is 0 Å². The summed E-state index contributed by atoms with van der Waals surface area (Å²) in [6.45, 7) is 6.15. The molecule has 0 aliphatic carbocycles. The molecule has 154 valence electrons. The second-order valence-corrected chi connectivity index (χ2v) is 7.53. The summed E-state index contributed by atoms with van der Waals surface area (Å²) in [7, 11) is 2.14. The van der Waals surface area contributed by atoms with Gasteiger partial charge in [0, 0.05) is 25.7 Å². The van der Waals surface area contributed by atoms with Crippen molar-refractivity contribution in [3.05, 3.63) is 35.9 Å². The molecule has 0 radical (unpaired) electrons. The molecule has 2 aliphatic rings. The molecular formula is C21H31N3O4. The minimum atomic E-state index is -0.614. The van der Waals surface area contributed by atoms with Crippen molar-refractivity contribution in [3.63, 3.8) is 0 Å². The number of ether oxygens (including phenoxy) is 2. The number of piperidine rings is 1. The lowest BCUT2D eigenvalue weighted by Gasteiger charge is -2.44. The van der Waals surface area contributed by atoms with Gasteiger partial charge in [0.1, 0.15) is 12.6 Å². The predicted octanol–water partition coefficient (Wildman–Crippen LogP) is 1.97. The number of rotatable bonds is 5. The quantitative estimate of drug-likeness (QED) is 0.718. The summed E-state index contributed by atoms with van der Waals surface area (Å²) in [6.07, 6.45) is 1.72. The Morgan fingerprint density at radius 3 is 2.43 bits per heavy atom. The molecule has 1 unspecified atom stereocenters. The lowest BCUT2D eigenvalue weighted by atomic mass is 10.0. The zero-order valence-electron chi connectivity index (χ0n) is 16.9. The maximum Gasteiger partial charge on any atom is 0.410 e. The number of carbonyl (C=O) groups excluding carboxylic acids is 2. The van der Waals surface area contributed by atoms with Crippen LogP contribution in [-0.4, -0.2) is 85.2 Å². The molecule has 2 fully saturated rings. The van der Waals surface area contributed by atoms with E-state index in [-0.39, 0.29) is 12.6 Å². The summed E-state index contributed by atoms with van der Waals surface area (Å²) in [5.74, 6) is -0.350. The van der Waals surface area contributed by atoms with Gasteiger partial charge in [-0.05, 0) is 45.5 Å². The Hall–Kier alpha value is -2.12. The van der Waals surface area contributed by atoms with Gasteiger partial charge >= 0.3 is 12.1 Å². The average molecular weight is 389 g/mol. The standard InChI is InChI=1S/C21H31N3O4/c1-3-27-20(25)19-15-23(18-9-11-22(2)12-10-18)13-14-24(19)21(26)28-16-17-7-5-4-6-8-17/h4-8,18-19H,3,9-16H2,1-2H3. The molecule has 1 amide bonds. The lowest BCUT2D eigenvalue weighted by molar-refractivity contribution is -0.152. The second kappa shape index (κ2) is 9.89. The molecule has 0 spiro atoms. The van der Waals surface area contributed by atoms with E-state index in [0.29, 0.717) is 25.7 Å². The maximum absolute atomic E-state index is 12.7. The number of likely N-dealkylation sites (tertiary alicyclic amines) is 1. The summed E-state index contributed by atoms with van der Waals surface area (Å²) < 4.78 is 10.7. The fourth-order valence-electron chi connectivity index (χ4n) is 3.96. The molecule has 28 heavy (non-hydrogen) atoms. The molecule has 0 aromatic heterocycles. The number of benzene rings is 1. The molecular weight excluding hydrogens is 358 g/mol. The first-order chi connectivity index (χ1) is 13.6. The number of nitrogens with zero attached hydrogens (tertiary/aromatic N) is 3. The fourth-order valence-corrected chi connectivity index (χ4v) is 3.96. The summed E-state index contributed by atoms with van der Waals surface area (Å²) in [6, 6.07) is 9.40. The number of amides is 1. The van der Waals surface area contributed by atoms with E-state index >= 15 is 0 Å². The summed E-state index contributed by atoms with van der Waals surface area (Å²) in [4.78, 5) is 31.5. The Morgan fingerprint density at radius 2 is 1.75 bits per heavy atom. The van der Waals surface area contributed by atoms with Gasteiger partial charge in [0.15, 0.2) is 0 Å². The van der Waals surface area contributed by atoms with E-state index in [0.717, 1.165) is 38.0 Å². The van der Waals surface area contributed by atoms with E-state index in [2.05, 4.69) is 16.8 Å². The van der Waals surface area contributed by atoms with Crippen LogP contribution >= 0.6 is 0 Å². The van der Waals surface area contributed by atoms with Crippen molar-refractivity contribution >= 4 is 12.1 Å². The zero-order chi connectivity index (χ0) is 19.9. The minimum Gasteiger partial charge on any atom is -0.464 e. The Morgan fingerprint density at radius 1 is 1.04 bits per heavy atom. The monoisotopic (exact) mass is 389 g/mol. The van der Waals surface area contributed by atoms with Crippen molar-refractivity contribution in [1.82, 2.24) is 14.7 Å². The number of hydrogen-bond acceptors (Lipinski definition) is 6. The third-order valence-corrected chi connectivity index (χ3v) is 5.61. The molecule has 3 rings (SSSR count). The highest BCUT2D eigenvalue weighted by Gasteiger charge is 2.39. The van der Waals surface area contributed by atoms with Gasteiger partial charge in [-0.3, -0.25) is 9.80 Å². The normalized spacial score (nSPS) is 22.1. The molecule has 2 saturated heterocycles. The first kappa shape index (κ1) is 20.6. The number of hydrogen-bond donors (Lipinski definition) is 0. The van der Waals surface area contributed by atoms with E-state index in [4.69, 9.17) is 9.47 Å². The number of carbonyl (C=O) groups is 2. The predicted molar refractivity (Wildman–Crippen MR) is 106 cm³/mol. The van der Waals surface area contributed by atoms with Crippen molar-refractivity contribution < 1.29 is 19.1 Å². The highest BCUT2D eigenvalue weighted by atomic mass is 16.6. The smallest absolute Gasteiger partial charge is 0.410 e. The number of esters is 1. The van der Waals surface area contributed by atoms with E-state index in [1.54, 1.807) is 6.92 Å². The van der Waals surface area contributed by atoms with Crippen LogP contribution in [0.25, 0.3) is 0 Å². The highest BCUT2D eigenvalue weighted by Crippen LogP contribution is 2.21. The molecule has 1 atom stereocenters. The van der Waals surface area contributed by atoms with E-state index in [1.165, 1.54) is 4.90 Å². The van der Waals surface area contributed by atoms with Crippen LogP contribution in [0.5, 0.6) is 0 Å². The van der Waals surface area contributed by atoms with Crippen LogP contribution in [0.1, 0.15) is 25.3 Å². The topological polar surface area (TPSA) is 62.3 Å². The number of piperazine rings is 1.